The lowest BCUT2D eigenvalue weighted by molar-refractivity contribution is -0.0366. The van der Waals surface area contributed by atoms with E-state index in [9.17, 15) is 9.18 Å². The third-order valence-corrected chi connectivity index (χ3v) is 12.4. The molecule has 15 heteroatoms. The van der Waals surface area contributed by atoms with Crippen molar-refractivity contribution in [2.45, 2.75) is 115 Å². The average Bonchev–Trinajstić information content (AvgIpc) is 3.87. The number of pyridine rings is 1. The topological polar surface area (TPSA) is 111 Å². The van der Waals surface area contributed by atoms with E-state index in [4.69, 9.17) is 40.8 Å². The Morgan fingerprint density at radius 3 is 2.61 bits per heavy atom. The van der Waals surface area contributed by atoms with Crippen molar-refractivity contribution in [2.75, 3.05) is 44.3 Å². The van der Waals surface area contributed by atoms with E-state index >= 15 is 4.39 Å². The summed E-state index contributed by atoms with van der Waals surface area (Å²) in [4.78, 5) is 33.8. The number of hydrogen-bond acceptors (Lipinski definition) is 10. The van der Waals surface area contributed by atoms with Crippen LogP contribution in [0.1, 0.15) is 83.9 Å². The van der Waals surface area contributed by atoms with Crippen molar-refractivity contribution in [1.29, 1.82) is 0 Å². The number of carbonyl (C=O) groups excluding carboxylic acids is 1. The first-order chi connectivity index (χ1) is 25.9. The zero-order valence-corrected chi connectivity index (χ0v) is 32.0. The molecule has 1 unspecified atom stereocenters. The molecule has 5 saturated heterocycles. The van der Waals surface area contributed by atoms with E-state index in [0.29, 0.717) is 65.4 Å². The third kappa shape index (κ3) is 6.12. The van der Waals surface area contributed by atoms with Gasteiger partial charge < -0.3 is 19.1 Å². The predicted molar refractivity (Wildman–Crippen MR) is 200 cm³/mol. The second-order valence-electron chi connectivity index (χ2n) is 16.8. The quantitative estimate of drug-likeness (QED) is 0.197. The molecule has 1 aromatic carbocycles. The molecule has 12 nitrogen and oxygen atoms in total. The molecule has 0 saturated carbocycles. The fourth-order valence-electron chi connectivity index (χ4n) is 9.55. The molecule has 9 rings (SSSR count). The molecule has 5 aliphatic heterocycles. The van der Waals surface area contributed by atoms with E-state index in [1.54, 1.807) is 12.4 Å². The van der Waals surface area contributed by atoms with Gasteiger partial charge in [0.2, 0.25) is 0 Å². The number of rotatable bonds is 6. The summed E-state index contributed by atoms with van der Waals surface area (Å²) in [7, 11) is 0. The maximum absolute atomic E-state index is 17.3. The lowest BCUT2D eigenvalue weighted by atomic mass is 9.95. The number of aromatic nitrogens is 5. The van der Waals surface area contributed by atoms with Gasteiger partial charge in [0.05, 0.1) is 34.7 Å². The number of amides is 1. The Morgan fingerprint density at radius 1 is 1.07 bits per heavy atom. The van der Waals surface area contributed by atoms with Crippen molar-refractivity contribution in [1.82, 2.24) is 34.5 Å². The highest BCUT2D eigenvalue weighted by Crippen LogP contribution is 2.43. The van der Waals surface area contributed by atoms with Gasteiger partial charge in [0, 0.05) is 54.8 Å². The normalized spacial score (nSPS) is 27.3. The summed E-state index contributed by atoms with van der Waals surface area (Å²) in [6.45, 7) is 10.5. The van der Waals surface area contributed by atoms with Crippen molar-refractivity contribution in [3.05, 3.63) is 34.9 Å². The molecule has 2 bridgehead atoms. The van der Waals surface area contributed by atoms with Crippen LogP contribution >= 0.6 is 11.6 Å². The van der Waals surface area contributed by atoms with Crippen LogP contribution in [0.25, 0.3) is 33.1 Å². The molecule has 54 heavy (non-hydrogen) atoms. The molecular formula is C39H47ClF2N8O4. The largest absolute Gasteiger partial charge is 0.461 e. The number of nitrogens with zero attached hydrogens (tertiary/aromatic N) is 8. The van der Waals surface area contributed by atoms with Crippen LogP contribution in [0.5, 0.6) is 6.01 Å². The fraction of sp³-hybridized carbons (Fsp3) is 0.615. The number of carbonyl (C=O) groups is 1. The Morgan fingerprint density at radius 2 is 1.87 bits per heavy atom. The summed E-state index contributed by atoms with van der Waals surface area (Å²) in [6.07, 6.45) is 8.51. The minimum Gasteiger partial charge on any atom is -0.461 e. The van der Waals surface area contributed by atoms with Gasteiger partial charge in [0.15, 0.2) is 12.0 Å². The van der Waals surface area contributed by atoms with E-state index in [2.05, 4.69) is 14.9 Å². The summed E-state index contributed by atoms with van der Waals surface area (Å²) in [5.41, 5.74) is 1.04. The molecule has 8 heterocycles. The van der Waals surface area contributed by atoms with Crippen molar-refractivity contribution < 1.29 is 27.8 Å². The van der Waals surface area contributed by atoms with Crippen LogP contribution in [0.15, 0.2) is 18.5 Å². The summed E-state index contributed by atoms with van der Waals surface area (Å²) in [6, 6.07) is 1.66. The first-order valence-electron chi connectivity index (χ1n) is 19.3. The van der Waals surface area contributed by atoms with Crippen molar-refractivity contribution in [2.24, 2.45) is 0 Å². The first-order valence-corrected chi connectivity index (χ1v) is 19.7. The minimum absolute atomic E-state index is 0.0224. The van der Waals surface area contributed by atoms with Crippen molar-refractivity contribution in [3.8, 4) is 17.3 Å². The van der Waals surface area contributed by atoms with E-state index in [1.165, 1.54) is 0 Å². The summed E-state index contributed by atoms with van der Waals surface area (Å²) >= 11 is 6.84. The summed E-state index contributed by atoms with van der Waals surface area (Å²) < 4.78 is 52.0. The van der Waals surface area contributed by atoms with Crippen molar-refractivity contribution in [3.63, 3.8) is 0 Å². The zero-order chi connectivity index (χ0) is 37.5. The lowest BCUT2D eigenvalue weighted by Gasteiger charge is -2.42. The highest BCUT2D eigenvalue weighted by molar-refractivity contribution is 6.33. The molecular weight excluding hydrogens is 718 g/mol. The Kier molecular flexibility index (Phi) is 8.89. The number of piperazine rings is 1. The van der Waals surface area contributed by atoms with E-state index < -0.39 is 23.1 Å². The van der Waals surface area contributed by atoms with Crippen molar-refractivity contribution >= 4 is 45.3 Å². The Bertz CT molecular complexity index is 2110. The number of fused-ring (bicyclic) bond motifs is 5. The maximum Gasteiger partial charge on any atom is 0.410 e. The molecule has 0 radical (unpaired) electrons. The van der Waals surface area contributed by atoms with Crippen LogP contribution in [0.4, 0.5) is 19.4 Å². The van der Waals surface area contributed by atoms with Crippen LogP contribution < -0.4 is 9.64 Å². The molecule has 0 aliphatic carbocycles. The molecule has 5 atom stereocenters. The monoisotopic (exact) mass is 764 g/mol. The van der Waals surface area contributed by atoms with E-state index in [-0.39, 0.29) is 48.2 Å². The van der Waals surface area contributed by atoms with E-state index in [1.807, 2.05) is 43.3 Å². The molecule has 4 aromatic rings. The fourth-order valence-corrected chi connectivity index (χ4v) is 9.74. The molecule has 5 fully saturated rings. The summed E-state index contributed by atoms with van der Waals surface area (Å²) in [5.74, 6) is -0.144. The van der Waals surface area contributed by atoms with Crippen LogP contribution in [-0.4, -0.2) is 109 Å². The highest BCUT2D eigenvalue weighted by Gasteiger charge is 2.50. The van der Waals surface area contributed by atoms with Crippen LogP contribution in [0, 0.1) is 12.7 Å². The van der Waals surface area contributed by atoms with Gasteiger partial charge in [0.25, 0.3) is 0 Å². The lowest BCUT2D eigenvalue weighted by Crippen LogP contribution is -2.57. The van der Waals surface area contributed by atoms with Crippen LogP contribution in [-0.2, 0) is 9.47 Å². The first kappa shape index (κ1) is 35.8. The Hall–Kier alpha value is -3.88. The molecule has 3 aromatic heterocycles. The number of benzene rings is 1. The van der Waals surface area contributed by atoms with Gasteiger partial charge in [0.1, 0.15) is 35.4 Å². The Labute approximate surface area is 318 Å². The molecule has 1 amide bonds. The van der Waals surface area contributed by atoms with Crippen LogP contribution in [0.3, 0.4) is 0 Å². The third-order valence-electron chi connectivity index (χ3n) is 12.0. The number of alkyl halides is 1. The summed E-state index contributed by atoms with van der Waals surface area (Å²) in [5, 5.41) is 6.29. The average molecular weight is 765 g/mol. The second-order valence-corrected chi connectivity index (χ2v) is 17.2. The number of halogens is 3. The van der Waals surface area contributed by atoms with Gasteiger partial charge >= 0.3 is 12.1 Å². The number of ether oxygens (including phenoxy) is 3. The van der Waals surface area contributed by atoms with Gasteiger partial charge in [-0.25, -0.2) is 18.3 Å². The molecule has 5 aliphatic rings. The number of anilines is 1. The SMILES string of the molecule is Cc1c(Cl)cc2c(cnn2C2CCCCO2)c1-c1ncc2c(N3C[C@H]4CC[C@@H](C3)N4C(=O)OC(C)(C)C)nc(OC[C@@]34CCCN3C[C@H](F)C4)nc2c1F. The van der Waals surface area contributed by atoms with Gasteiger partial charge in [-0.1, -0.05) is 11.6 Å². The second kappa shape index (κ2) is 13.4. The Balaban J connectivity index is 1.13. The molecule has 288 valence electrons. The van der Waals surface area contributed by atoms with Crippen LogP contribution in [0.2, 0.25) is 5.02 Å². The standard InChI is InChI=1S/C39H47ClF2N8O4/c1-22-28(40)14-29-26(17-44-50(29)30-8-5-6-13-52-30)31(22)34-32(42)33-27(16-43-34)35(46-36(45-33)53-21-39-11-7-12-48(39)18-23(41)15-39)47-19-24-9-10-25(20-47)49(24)37(51)54-38(2,3)4/h14,16-17,23-25,30H,5-13,15,18-21H2,1-4H3/t23-,24-,25+,30?,39+/m1/s1. The molecule has 0 spiro atoms. The highest BCUT2D eigenvalue weighted by atomic mass is 35.5. The molecule has 0 N–H and O–H groups in total. The van der Waals surface area contributed by atoms with Gasteiger partial charge in [-0.2, -0.15) is 15.1 Å². The van der Waals surface area contributed by atoms with E-state index in [0.717, 1.165) is 57.0 Å². The van der Waals surface area contributed by atoms with Gasteiger partial charge in [-0.05, 0) is 90.8 Å². The zero-order valence-electron chi connectivity index (χ0n) is 31.3. The maximum atomic E-state index is 17.3. The number of hydrogen-bond donors (Lipinski definition) is 0. The van der Waals surface area contributed by atoms with Gasteiger partial charge in [-0.15, -0.1) is 0 Å². The van der Waals surface area contributed by atoms with Gasteiger partial charge in [-0.3, -0.25) is 14.8 Å². The predicted octanol–water partition coefficient (Wildman–Crippen LogP) is 7.38. The minimum atomic E-state index is -0.920. The smallest absolute Gasteiger partial charge is 0.410 e.